The third-order valence-corrected chi connectivity index (χ3v) is 5.06. The Balaban J connectivity index is 2.19. The van der Waals surface area contributed by atoms with Crippen molar-refractivity contribution in [3.05, 3.63) is 83.4 Å². The number of fused-ring (bicyclic) bond motifs is 1. The smallest absolute Gasteiger partial charge is 0.340 e. The van der Waals surface area contributed by atoms with Gasteiger partial charge in [0.1, 0.15) is 5.60 Å². The molecule has 0 aromatic heterocycles. The fourth-order valence-electron chi connectivity index (χ4n) is 3.78. The van der Waals surface area contributed by atoms with Crippen molar-refractivity contribution in [1.29, 1.82) is 0 Å². The molecule has 0 saturated carbocycles. The van der Waals surface area contributed by atoms with Gasteiger partial charge in [0.05, 0.1) is 18.2 Å². The van der Waals surface area contributed by atoms with Crippen LogP contribution in [-0.4, -0.2) is 19.0 Å². The van der Waals surface area contributed by atoms with E-state index in [0.717, 1.165) is 11.1 Å². The number of hydrogen-bond donors (Lipinski definition) is 0. The lowest BCUT2D eigenvalue weighted by Crippen LogP contribution is -2.17. The van der Waals surface area contributed by atoms with Crippen LogP contribution in [0.4, 0.5) is 0 Å². The van der Waals surface area contributed by atoms with Gasteiger partial charge < -0.3 is 9.47 Å². The zero-order valence-electron chi connectivity index (χ0n) is 16.0. The quantitative estimate of drug-likeness (QED) is 0.592. The molecule has 28 heavy (non-hydrogen) atoms. The van der Waals surface area contributed by atoms with Crippen LogP contribution in [0.15, 0.2) is 66.7 Å². The summed E-state index contributed by atoms with van der Waals surface area (Å²) in [6.07, 6.45) is 0. The summed E-state index contributed by atoms with van der Waals surface area (Å²) in [5, 5.41) is 0. The number of ether oxygens (including phenoxy) is 2. The molecule has 3 aromatic carbocycles. The Morgan fingerprint density at radius 2 is 1.39 bits per heavy atom. The molecule has 4 rings (SSSR count). The molecule has 0 amide bonds. The zero-order chi connectivity index (χ0) is 19.9. The van der Waals surface area contributed by atoms with Crippen molar-refractivity contribution >= 4 is 11.9 Å². The third kappa shape index (κ3) is 2.78. The summed E-state index contributed by atoms with van der Waals surface area (Å²) >= 11 is 0. The van der Waals surface area contributed by atoms with Gasteiger partial charge in [-0.1, -0.05) is 60.7 Å². The van der Waals surface area contributed by atoms with Crippen molar-refractivity contribution in [3.8, 4) is 22.3 Å². The van der Waals surface area contributed by atoms with Crippen LogP contribution in [0.5, 0.6) is 0 Å². The van der Waals surface area contributed by atoms with E-state index in [0.29, 0.717) is 27.8 Å². The van der Waals surface area contributed by atoms with Gasteiger partial charge in [-0.15, -0.1) is 0 Å². The molecule has 0 atom stereocenters. The van der Waals surface area contributed by atoms with Gasteiger partial charge in [-0.05, 0) is 31.0 Å². The molecular weight excluding hydrogens is 352 g/mol. The summed E-state index contributed by atoms with van der Waals surface area (Å²) in [5.41, 5.74) is 3.83. The van der Waals surface area contributed by atoms with Gasteiger partial charge in [-0.25, -0.2) is 9.59 Å². The second-order valence-corrected chi connectivity index (χ2v) is 7.22. The number of hydrogen-bond acceptors (Lipinski definition) is 4. The molecule has 3 aromatic rings. The molecule has 140 valence electrons. The van der Waals surface area contributed by atoms with E-state index in [-0.39, 0.29) is 5.97 Å². The van der Waals surface area contributed by atoms with Crippen LogP contribution in [0.2, 0.25) is 0 Å². The Morgan fingerprint density at radius 3 is 1.93 bits per heavy atom. The number of methoxy groups -OCH3 is 1. The second-order valence-electron chi connectivity index (χ2n) is 7.22. The van der Waals surface area contributed by atoms with E-state index >= 15 is 0 Å². The van der Waals surface area contributed by atoms with E-state index in [1.165, 1.54) is 7.11 Å². The topological polar surface area (TPSA) is 52.6 Å². The largest absolute Gasteiger partial charge is 0.465 e. The Hall–Kier alpha value is -3.40. The first-order valence-electron chi connectivity index (χ1n) is 9.08. The average Bonchev–Trinajstić information content (AvgIpc) is 2.95. The van der Waals surface area contributed by atoms with Crippen molar-refractivity contribution in [2.45, 2.75) is 19.4 Å². The molecule has 0 bridgehead atoms. The highest BCUT2D eigenvalue weighted by atomic mass is 16.6. The predicted molar refractivity (Wildman–Crippen MR) is 107 cm³/mol. The Kier molecular flexibility index (Phi) is 4.27. The van der Waals surface area contributed by atoms with Gasteiger partial charge in [0.25, 0.3) is 0 Å². The molecule has 0 unspecified atom stereocenters. The van der Waals surface area contributed by atoms with Crippen LogP contribution < -0.4 is 0 Å². The Morgan fingerprint density at radius 1 is 0.857 bits per heavy atom. The highest BCUT2D eigenvalue weighted by molar-refractivity contribution is 6.11. The number of benzene rings is 3. The van der Waals surface area contributed by atoms with Crippen molar-refractivity contribution in [2.24, 2.45) is 0 Å². The van der Waals surface area contributed by atoms with Crippen LogP contribution in [-0.2, 0) is 15.1 Å². The fourth-order valence-corrected chi connectivity index (χ4v) is 3.78. The SMILES string of the molecule is COC(=O)c1cc2c(c(-c3ccccc3)c1-c1ccccc1)C(=O)OC2(C)C. The molecule has 4 heteroatoms. The molecule has 0 spiro atoms. The highest BCUT2D eigenvalue weighted by Gasteiger charge is 2.42. The molecule has 1 aliphatic heterocycles. The molecule has 0 fully saturated rings. The molecular formula is C24H20O4. The number of rotatable bonds is 3. The molecule has 4 nitrogen and oxygen atoms in total. The van der Waals surface area contributed by atoms with Crippen molar-refractivity contribution in [3.63, 3.8) is 0 Å². The van der Waals surface area contributed by atoms with E-state index in [4.69, 9.17) is 9.47 Å². The summed E-state index contributed by atoms with van der Waals surface area (Å²) in [5.74, 6) is -0.832. The first kappa shape index (κ1) is 18.0. The first-order valence-corrected chi connectivity index (χ1v) is 9.08. The maximum absolute atomic E-state index is 12.9. The lowest BCUT2D eigenvalue weighted by molar-refractivity contribution is 0.00957. The van der Waals surface area contributed by atoms with Gasteiger partial charge in [-0.2, -0.15) is 0 Å². The normalized spacial score (nSPS) is 14.3. The predicted octanol–water partition coefficient (Wildman–Crippen LogP) is 5.21. The van der Waals surface area contributed by atoms with Crippen LogP contribution in [0.1, 0.15) is 40.1 Å². The number of cyclic esters (lactones) is 1. The summed E-state index contributed by atoms with van der Waals surface area (Å²) in [7, 11) is 1.36. The summed E-state index contributed by atoms with van der Waals surface area (Å²) in [6.45, 7) is 3.66. The van der Waals surface area contributed by atoms with Crippen molar-refractivity contribution < 1.29 is 19.1 Å². The number of esters is 2. The lowest BCUT2D eigenvalue weighted by atomic mass is 9.82. The molecule has 1 aliphatic rings. The van der Waals surface area contributed by atoms with E-state index in [1.807, 2.05) is 74.5 Å². The van der Waals surface area contributed by atoms with Crippen LogP contribution in [0.3, 0.4) is 0 Å². The minimum Gasteiger partial charge on any atom is -0.465 e. The van der Waals surface area contributed by atoms with E-state index in [1.54, 1.807) is 6.07 Å². The minimum atomic E-state index is -0.825. The van der Waals surface area contributed by atoms with Crippen LogP contribution in [0.25, 0.3) is 22.3 Å². The molecule has 1 heterocycles. The van der Waals surface area contributed by atoms with E-state index in [9.17, 15) is 9.59 Å². The monoisotopic (exact) mass is 372 g/mol. The lowest BCUT2D eigenvalue weighted by Gasteiger charge is -2.21. The van der Waals surface area contributed by atoms with Gasteiger partial charge in [0.15, 0.2) is 0 Å². The zero-order valence-corrected chi connectivity index (χ0v) is 16.0. The summed E-state index contributed by atoms with van der Waals surface area (Å²) < 4.78 is 10.7. The third-order valence-electron chi connectivity index (χ3n) is 5.06. The number of carbonyl (C=O) groups excluding carboxylic acids is 2. The second kappa shape index (κ2) is 6.64. The van der Waals surface area contributed by atoms with Crippen molar-refractivity contribution in [1.82, 2.24) is 0 Å². The average molecular weight is 372 g/mol. The Bertz CT molecular complexity index is 1070. The molecule has 0 radical (unpaired) electrons. The van der Waals surface area contributed by atoms with Crippen LogP contribution in [0, 0.1) is 0 Å². The van der Waals surface area contributed by atoms with Gasteiger partial charge >= 0.3 is 11.9 Å². The molecule has 0 saturated heterocycles. The maximum Gasteiger partial charge on any atom is 0.340 e. The summed E-state index contributed by atoms with van der Waals surface area (Å²) in [4.78, 5) is 25.6. The Labute approximate surface area is 163 Å². The minimum absolute atomic E-state index is 0.382. The van der Waals surface area contributed by atoms with E-state index < -0.39 is 11.6 Å². The first-order chi connectivity index (χ1) is 13.4. The maximum atomic E-state index is 12.9. The fraction of sp³-hybridized carbons (Fsp3) is 0.167. The van der Waals surface area contributed by atoms with Crippen LogP contribution >= 0.6 is 0 Å². The molecule has 0 N–H and O–H groups in total. The highest BCUT2D eigenvalue weighted by Crippen LogP contribution is 2.47. The van der Waals surface area contributed by atoms with E-state index in [2.05, 4.69) is 0 Å². The number of carbonyl (C=O) groups is 2. The standard InChI is InChI=1S/C24H20O4/c1-24(2)18-14-17(22(25)27-3)19(15-10-6-4-7-11-15)20(21(18)23(26)28-24)16-12-8-5-9-13-16/h4-14H,1-3H3. The molecule has 0 aliphatic carbocycles. The van der Waals surface area contributed by atoms with Gasteiger partial charge in [0, 0.05) is 16.7 Å². The van der Waals surface area contributed by atoms with Crippen molar-refractivity contribution in [2.75, 3.05) is 7.11 Å². The van der Waals surface area contributed by atoms with Gasteiger partial charge in [0.2, 0.25) is 0 Å². The summed E-state index contributed by atoms with van der Waals surface area (Å²) in [6, 6.07) is 20.9. The van der Waals surface area contributed by atoms with Gasteiger partial charge in [-0.3, -0.25) is 0 Å².